The van der Waals surface area contributed by atoms with Gasteiger partial charge in [-0.25, -0.2) is 0 Å². The molecule has 3 N–H and O–H groups in total. The molecule has 0 aromatic heterocycles. The summed E-state index contributed by atoms with van der Waals surface area (Å²) in [5, 5.41) is 29.4. The number of rotatable bonds is 8. The number of hydrogen-bond donors (Lipinski definition) is 3. The van der Waals surface area contributed by atoms with Gasteiger partial charge in [0, 0.05) is 6.42 Å². The minimum absolute atomic E-state index is 0.152. The highest BCUT2D eigenvalue weighted by atomic mass is 16.4. The molecule has 0 spiro atoms. The molecule has 0 saturated carbocycles. The highest BCUT2D eigenvalue weighted by Crippen LogP contribution is 2.27. The molecule has 108 valence electrons. The van der Waals surface area contributed by atoms with Crippen LogP contribution in [0.1, 0.15) is 27.2 Å². The summed E-state index contributed by atoms with van der Waals surface area (Å²) in [7, 11) is 0. The average Bonchev–Trinajstić information content (AvgIpc) is 2.32. The number of ketones is 3. The first-order valence-electron chi connectivity index (χ1n) is 5.63. The van der Waals surface area contributed by atoms with E-state index in [0.717, 1.165) is 20.8 Å². The third-order valence-corrected chi connectivity index (χ3v) is 2.97. The first-order chi connectivity index (χ1) is 8.58. The van der Waals surface area contributed by atoms with E-state index in [9.17, 15) is 34.5 Å². The second-order valence-corrected chi connectivity index (χ2v) is 4.53. The van der Waals surface area contributed by atoms with E-state index >= 15 is 0 Å². The third-order valence-electron chi connectivity index (χ3n) is 2.97. The number of Topliss-reactive ketones (excluding diaryl/α,β-unsaturated/α-hetero) is 3. The van der Waals surface area contributed by atoms with Crippen molar-refractivity contribution in [2.75, 3.05) is 0 Å². The average molecular weight is 274 g/mol. The Balaban J connectivity index is 5.57. The van der Waals surface area contributed by atoms with Crippen LogP contribution in [-0.2, 0) is 19.2 Å². The van der Waals surface area contributed by atoms with Gasteiger partial charge in [-0.05, 0) is 20.8 Å². The SMILES string of the molecule is CC(=O)C[C@@H](C=O)[C@@](O)(C(C)=O)[C@H](O)C(O)C(C)=O. The molecule has 0 rings (SSSR count). The maximum atomic E-state index is 11.5. The van der Waals surface area contributed by atoms with Crippen LogP contribution in [0.3, 0.4) is 0 Å². The zero-order valence-electron chi connectivity index (χ0n) is 11.0. The molecule has 0 aromatic carbocycles. The lowest BCUT2D eigenvalue weighted by Crippen LogP contribution is -2.60. The quantitative estimate of drug-likeness (QED) is 0.455. The third kappa shape index (κ3) is 3.76. The Morgan fingerprint density at radius 3 is 1.89 bits per heavy atom. The Morgan fingerprint density at radius 1 is 1.16 bits per heavy atom. The summed E-state index contributed by atoms with van der Waals surface area (Å²) in [5.41, 5.74) is -2.68. The fourth-order valence-electron chi connectivity index (χ4n) is 1.77. The second kappa shape index (κ2) is 6.65. The van der Waals surface area contributed by atoms with Gasteiger partial charge >= 0.3 is 0 Å². The number of aldehydes is 1. The molecule has 0 radical (unpaired) electrons. The van der Waals surface area contributed by atoms with Crippen molar-refractivity contribution in [2.45, 2.75) is 45.0 Å². The Hall–Kier alpha value is -1.44. The van der Waals surface area contributed by atoms with Gasteiger partial charge in [0.2, 0.25) is 0 Å². The van der Waals surface area contributed by atoms with Crippen LogP contribution >= 0.6 is 0 Å². The summed E-state index contributed by atoms with van der Waals surface area (Å²) in [6, 6.07) is 0. The molecule has 1 unspecified atom stereocenters. The maximum absolute atomic E-state index is 11.5. The molecule has 0 aromatic rings. The summed E-state index contributed by atoms with van der Waals surface area (Å²) in [6.45, 7) is 2.99. The molecular formula is C12H18O7. The van der Waals surface area contributed by atoms with Crippen molar-refractivity contribution in [2.24, 2.45) is 5.92 Å². The van der Waals surface area contributed by atoms with E-state index in [0.29, 0.717) is 0 Å². The number of hydrogen-bond acceptors (Lipinski definition) is 7. The number of carbonyl (C=O) groups excluding carboxylic acids is 4. The van der Waals surface area contributed by atoms with E-state index in [2.05, 4.69) is 0 Å². The van der Waals surface area contributed by atoms with Crippen molar-refractivity contribution in [1.82, 2.24) is 0 Å². The van der Waals surface area contributed by atoms with Gasteiger partial charge in [-0.3, -0.25) is 9.59 Å². The molecule has 0 saturated heterocycles. The fraction of sp³-hybridized carbons (Fsp3) is 0.667. The standard InChI is InChI=1S/C12H18O7/c1-6(14)4-9(5-13)12(19,8(3)16)11(18)10(17)7(2)15/h5,9-11,17-19H,4H2,1-3H3/t9-,10?,11+,12-/m0/s1. The van der Waals surface area contributed by atoms with Crippen LogP contribution in [0, 0.1) is 5.92 Å². The molecule has 7 nitrogen and oxygen atoms in total. The molecule has 0 fully saturated rings. The lowest BCUT2D eigenvalue weighted by molar-refractivity contribution is -0.177. The van der Waals surface area contributed by atoms with Crippen LogP contribution in [0.2, 0.25) is 0 Å². The first-order valence-corrected chi connectivity index (χ1v) is 5.63. The van der Waals surface area contributed by atoms with Gasteiger partial charge in [-0.15, -0.1) is 0 Å². The highest BCUT2D eigenvalue weighted by Gasteiger charge is 2.51. The van der Waals surface area contributed by atoms with Gasteiger partial charge in [0.1, 0.15) is 24.3 Å². The fourth-order valence-corrected chi connectivity index (χ4v) is 1.77. The van der Waals surface area contributed by atoms with Gasteiger partial charge in [0.15, 0.2) is 17.2 Å². The molecule has 19 heavy (non-hydrogen) atoms. The molecule has 0 amide bonds. The lowest BCUT2D eigenvalue weighted by atomic mass is 9.75. The molecule has 0 bridgehead atoms. The normalized spacial score (nSPS) is 18.8. The Morgan fingerprint density at radius 2 is 1.63 bits per heavy atom. The Bertz CT molecular complexity index is 390. The monoisotopic (exact) mass is 274 g/mol. The van der Waals surface area contributed by atoms with E-state index in [1.165, 1.54) is 0 Å². The lowest BCUT2D eigenvalue weighted by Gasteiger charge is -2.36. The zero-order chi connectivity index (χ0) is 15.4. The highest BCUT2D eigenvalue weighted by molar-refractivity contribution is 5.92. The summed E-state index contributed by atoms with van der Waals surface area (Å²) in [4.78, 5) is 44.5. The van der Waals surface area contributed by atoms with Crippen molar-refractivity contribution in [3.63, 3.8) is 0 Å². The van der Waals surface area contributed by atoms with Gasteiger partial charge < -0.3 is 24.9 Å². The summed E-state index contributed by atoms with van der Waals surface area (Å²) < 4.78 is 0. The first kappa shape index (κ1) is 17.6. The van der Waals surface area contributed by atoms with Crippen LogP contribution in [0.25, 0.3) is 0 Å². The van der Waals surface area contributed by atoms with E-state index in [1.54, 1.807) is 0 Å². The predicted molar refractivity (Wildman–Crippen MR) is 63.2 cm³/mol. The Labute approximate surface area is 110 Å². The number of carbonyl (C=O) groups is 4. The molecule has 0 aliphatic rings. The summed E-state index contributed by atoms with van der Waals surface area (Å²) in [5.74, 6) is -3.91. The van der Waals surface area contributed by atoms with Crippen molar-refractivity contribution < 1.29 is 34.5 Å². The number of aliphatic hydroxyl groups excluding tert-OH is 2. The molecule has 4 atom stereocenters. The van der Waals surface area contributed by atoms with Crippen molar-refractivity contribution in [3.8, 4) is 0 Å². The minimum atomic E-state index is -2.68. The minimum Gasteiger partial charge on any atom is -0.386 e. The van der Waals surface area contributed by atoms with E-state index in [-0.39, 0.29) is 6.29 Å². The summed E-state index contributed by atoms with van der Waals surface area (Å²) in [6.07, 6.45) is -4.54. The van der Waals surface area contributed by atoms with E-state index in [4.69, 9.17) is 0 Å². The van der Waals surface area contributed by atoms with Crippen LogP contribution in [-0.4, -0.2) is 56.8 Å². The van der Waals surface area contributed by atoms with Crippen LogP contribution in [0.15, 0.2) is 0 Å². The maximum Gasteiger partial charge on any atom is 0.164 e. The van der Waals surface area contributed by atoms with Gasteiger partial charge in [0.05, 0.1) is 5.92 Å². The van der Waals surface area contributed by atoms with Gasteiger partial charge in [-0.1, -0.05) is 0 Å². The second-order valence-electron chi connectivity index (χ2n) is 4.53. The van der Waals surface area contributed by atoms with E-state index in [1.807, 2.05) is 0 Å². The molecular weight excluding hydrogens is 256 g/mol. The smallest absolute Gasteiger partial charge is 0.164 e. The largest absolute Gasteiger partial charge is 0.386 e. The van der Waals surface area contributed by atoms with Crippen molar-refractivity contribution in [3.05, 3.63) is 0 Å². The predicted octanol–water partition coefficient (Wildman–Crippen LogP) is -1.59. The van der Waals surface area contributed by atoms with Crippen LogP contribution in [0.4, 0.5) is 0 Å². The van der Waals surface area contributed by atoms with E-state index < -0.39 is 47.5 Å². The van der Waals surface area contributed by atoms with Crippen molar-refractivity contribution >= 4 is 23.6 Å². The number of aliphatic hydroxyl groups is 3. The van der Waals surface area contributed by atoms with Crippen molar-refractivity contribution in [1.29, 1.82) is 0 Å². The molecule has 7 heteroatoms. The zero-order valence-corrected chi connectivity index (χ0v) is 11.0. The van der Waals surface area contributed by atoms with Gasteiger partial charge in [0.25, 0.3) is 0 Å². The summed E-state index contributed by atoms with van der Waals surface area (Å²) >= 11 is 0. The molecule has 0 aliphatic carbocycles. The van der Waals surface area contributed by atoms with Crippen LogP contribution < -0.4 is 0 Å². The molecule has 0 aliphatic heterocycles. The van der Waals surface area contributed by atoms with Gasteiger partial charge in [-0.2, -0.15) is 0 Å². The Kier molecular flexibility index (Phi) is 6.14. The van der Waals surface area contributed by atoms with Crippen LogP contribution in [0.5, 0.6) is 0 Å². The molecule has 0 heterocycles. The topological polar surface area (TPSA) is 129 Å².